The van der Waals surface area contributed by atoms with Gasteiger partial charge in [-0.15, -0.1) is 0 Å². The van der Waals surface area contributed by atoms with Gasteiger partial charge in [-0.1, -0.05) is 13.8 Å². The fourth-order valence-electron chi connectivity index (χ4n) is 4.44. The highest BCUT2D eigenvalue weighted by atomic mass is 16.6. The molecule has 2 saturated carbocycles. The van der Waals surface area contributed by atoms with Gasteiger partial charge in [0.1, 0.15) is 0 Å². The van der Waals surface area contributed by atoms with Crippen molar-refractivity contribution in [3.05, 3.63) is 0 Å². The van der Waals surface area contributed by atoms with E-state index in [-0.39, 0.29) is 11.9 Å². The van der Waals surface area contributed by atoms with Crippen LogP contribution in [-0.4, -0.2) is 37.0 Å². The Morgan fingerprint density at radius 2 is 1.57 bits per heavy atom. The third-order valence-electron chi connectivity index (χ3n) is 6.13. The van der Waals surface area contributed by atoms with Gasteiger partial charge in [0.15, 0.2) is 0 Å². The lowest BCUT2D eigenvalue weighted by Crippen LogP contribution is -2.31. The molecular formula is C17H26O4. The van der Waals surface area contributed by atoms with E-state index in [0.29, 0.717) is 48.8 Å². The van der Waals surface area contributed by atoms with Crippen LogP contribution in [0.5, 0.6) is 0 Å². The average Bonchev–Trinajstić information content (AvgIpc) is 3.32. The molecule has 4 nitrogen and oxygen atoms in total. The summed E-state index contributed by atoms with van der Waals surface area (Å²) < 4.78 is 16.7. The molecule has 4 heteroatoms. The van der Waals surface area contributed by atoms with Crippen LogP contribution in [0.3, 0.4) is 0 Å². The highest BCUT2D eigenvalue weighted by Gasteiger charge is 2.49. The fraction of sp³-hybridized carbons (Fsp3) is 0.941. The number of esters is 1. The van der Waals surface area contributed by atoms with Crippen molar-refractivity contribution in [3.8, 4) is 0 Å². The van der Waals surface area contributed by atoms with E-state index in [1.54, 1.807) is 0 Å². The Balaban J connectivity index is 1.22. The number of carbonyl (C=O) groups is 1. The number of ether oxygens (including phenoxy) is 3. The van der Waals surface area contributed by atoms with E-state index in [1.165, 1.54) is 6.42 Å². The van der Waals surface area contributed by atoms with Crippen LogP contribution in [0, 0.1) is 23.7 Å². The molecule has 0 bridgehead atoms. The molecule has 8 atom stereocenters. The van der Waals surface area contributed by atoms with Crippen LogP contribution < -0.4 is 0 Å². The molecule has 0 spiro atoms. The molecule has 0 N–H and O–H groups in total. The van der Waals surface area contributed by atoms with Crippen molar-refractivity contribution in [2.75, 3.05) is 6.61 Å². The van der Waals surface area contributed by atoms with Gasteiger partial charge in [0.2, 0.25) is 0 Å². The maximum atomic E-state index is 12.3. The van der Waals surface area contributed by atoms with Gasteiger partial charge >= 0.3 is 5.97 Å². The summed E-state index contributed by atoms with van der Waals surface area (Å²) in [4.78, 5) is 12.3. The molecule has 0 aromatic carbocycles. The van der Waals surface area contributed by atoms with Crippen LogP contribution in [0.2, 0.25) is 0 Å². The summed E-state index contributed by atoms with van der Waals surface area (Å²) in [6.45, 7) is 5.03. The summed E-state index contributed by atoms with van der Waals surface area (Å²) in [6, 6.07) is 0. The molecule has 2 heterocycles. The van der Waals surface area contributed by atoms with Crippen molar-refractivity contribution in [1.29, 1.82) is 0 Å². The Morgan fingerprint density at radius 1 is 0.952 bits per heavy atom. The molecule has 8 unspecified atom stereocenters. The molecule has 2 aliphatic heterocycles. The van der Waals surface area contributed by atoms with E-state index >= 15 is 0 Å². The molecule has 0 radical (unpaired) electrons. The summed E-state index contributed by atoms with van der Waals surface area (Å²) >= 11 is 0. The third kappa shape index (κ3) is 2.85. The zero-order valence-electron chi connectivity index (χ0n) is 13.0. The maximum absolute atomic E-state index is 12.3. The van der Waals surface area contributed by atoms with Crippen molar-refractivity contribution >= 4 is 5.97 Å². The molecule has 2 aliphatic carbocycles. The Morgan fingerprint density at radius 3 is 2.33 bits per heavy atom. The first kappa shape index (κ1) is 14.0. The molecular weight excluding hydrogens is 268 g/mol. The van der Waals surface area contributed by atoms with E-state index in [4.69, 9.17) is 14.2 Å². The molecule has 4 rings (SSSR count). The predicted octanol–water partition coefficient (Wildman–Crippen LogP) is 2.55. The van der Waals surface area contributed by atoms with Crippen LogP contribution in [0.1, 0.15) is 46.0 Å². The molecule has 0 aromatic heterocycles. The van der Waals surface area contributed by atoms with Crippen LogP contribution in [0.25, 0.3) is 0 Å². The first-order chi connectivity index (χ1) is 10.1. The zero-order valence-corrected chi connectivity index (χ0v) is 13.0. The third-order valence-corrected chi connectivity index (χ3v) is 6.13. The van der Waals surface area contributed by atoms with E-state index in [1.807, 2.05) is 0 Å². The van der Waals surface area contributed by atoms with Gasteiger partial charge in [-0.2, -0.15) is 0 Å². The van der Waals surface area contributed by atoms with Gasteiger partial charge in [0.25, 0.3) is 0 Å². The first-order valence-electron chi connectivity index (χ1n) is 8.59. The summed E-state index contributed by atoms with van der Waals surface area (Å²) in [5.41, 5.74) is 0. The van der Waals surface area contributed by atoms with Crippen molar-refractivity contribution < 1.29 is 19.0 Å². The first-order valence-corrected chi connectivity index (χ1v) is 8.59. The van der Waals surface area contributed by atoms with Gasteiger partial charge < -0.3 is 14.2 Å². The Kier molecular flexibility index (Phi) is 3.49. The largest absolute Gasteiger partial charge is 0.465 e. The predicted molar refractivity (Wildman–Crippen MR) is 76.7 cm³/mol. The zero-order chi connectivity index (χ0) is 14.6. The van der Waals surface area contributed by atoms with Crippen LogP contribution in [0.15, 0.2) is 0 Å². The van der Waals surface area contributed by atoms with Crippen LogP contribution in [-0.2, 0) is 19.0 Å². The SMILES string of the molecule is CC1CC2OC2CC1CCOC(=O)C1CC2OC2CC1C. The van der Waals surface area contributed by atoms with Crippen molar-refractivity contribution in [3.63, 3.8) is 0 Å². The van der Waals surface area contributed by atoms with Gasteiger partial charge in [0.05, 0.1) is 36.9 Å². The number of hydrogen-bond donors (Lipinski definition) is 0. The molecule has 0 amide bonds. The quantitative estimate of drug-likeness (QED) is 0.590. The van der Waals surface area contributed by atoms with Gasteiger partial charge in [0, 0.05) is 0 Å². The molecule has 4 aliphatic rings. The number of rotatable bonds is 4. The second-order valence-corrected chi connectivity index (χ2v) is 7.65. The number of carbonyl (C=O) groups excluding carboxylic acids is 1. The Labute approximate surface area is 126 Å². The normalized spacial score (nSPS) is 50.8. The summed E-state index contributed by atoms with van der Waals surface area (Å²) in [7, 11) is 0. The lowest BCUT2D eigenvalue weighted by atomic mass is 9.79. The average molecular weight is 294 g/mol. The molecule has 118 valence electrons. The highest BCUT2D eigenvalue weighted by Crippen LogP contribution is 2.44. The minimum Gasteiger partial charge on any atom is -0.465 e. The molecule has 4 fully saturated rings. The minimum absolute atomic E-state index is 0.000427. The van der Waals surface area contributed by atoms with E-state index in [0.717, 1.165) is 25.7 Å². The number of fused-ring (bicyclic) bond motifs is 2. The minimum atomic E-state index is 0.000427. The second kappa shape index (κ2) is 5.24. The molecule has 2 saturated heterocycles. The monoisotopic (exact) mass is 294 g/mol. The standard InChI is InChI=1S/C17H26O4/c1-9-5-13-15(20-13)7-11(9)3-4-19-17(18)12-8-16-14(21-16)6-10(12)2/h9-16H,3-8H2,1-2H3. The van der Waals surface area contributed by atoms with Gasteiger partial charge in [-0.05, 0) is 49.9 Å². The van der Waals surface area contributed by atoms with E-state index < -0.39 is 0 Å². The molecule has 21 heavy (non-hydrogen) atoms. The lowest BCUT2D eigenvalue weighted by Gasteiger charge is -2.27. The Hall–Kier alpha value is -0.610. The van der Waals surface area contributed by atoms with E-state index in [9.17, 15) is 4.79 Å². The van der Waals surface area contributed by atoms with Crippen molar-refractivity contribution in [2.24, 2.45) is 23.7 Å². The number of hydrogen-bond acceptors (Lipinski definition) is 4. The van der Waals surface area contributed by atoms with Gasteiger partial charge in [-0.25, -0.2) is 0 Å². The lowest BCUT2D eigenvalue weighted by molar-refractivity contribution is -0.151. The fourth-order valence-corrected chi connectivity index (χ4v) is 4.44. The van der Waals surface area contributed by atoms with Crippen LogP contribution in [0.4, 0.5) is 0 Å². The molecule has 0 aromatic rings. The van der Waals surface area contributed by atoms with Crippen molar-refractivity contribution in [2.45, 2.75) is 70.4 Å². The Bertz CT molecular complexity index is 423. The summed E-state index contributed by atoms with van der Waals surface area (Å²) in [5.74, 6) is 1.80. The smallest absolute Gasteiger partial charge is 0.309 e. The summed E-state index contributed by atoms with van der Waals surface area (Å²) in [5, 5.41) is 0. The van der Waals surface area contributed by atoms with Gasteiger partial charge in [-0.3, -0.25) is 4.79 Å². The van der Waals surface area contributed by atoms with E-state index in [2.05, 4.69) is 13.8 Å². The maximum Gasteiger partial charge on any atom is 0.309 e. The van der Waals surface area contributed by atoms with Crippen molar-refractivity contribution in [1.82, 2.24) is 0 Å². The number of epoxide rings is 2. The summed E-state index contributed by atoms with van der Waals surface area (Å²) in [6.07, 6.45) is 7.01. The van der Waals surface area contributed by atoms with Crippen LogP contribution >= 0.6 is 0 Å². The second-order valence-electron chi connectivity index (χ2n) is 7.65. The topological polar surface area (TPSA) is 51.4 Å². The highest BCUT2D eigenvalue weighted by molar-refractivity contribution is 5.73.